The summed E-state index contributed by atoms with van der Waals surface area (Å²) in [6.45, 7) is 3.22. The summed E-state index contributed by atoms with van der Waals surface area (Å²) in [5, 5.41) is 0. The molecule has 0 spiro atoms. The van der Waals surface area contributed by atoms with Gasteiger partial charge in [-0.25, -0.2) is 0 Å². The monoisotopic (exact) mass is 259 g/mol. The van der Waals surface area contributed by atoms with Gasteiger partial charge >= 0.3 is 0 Å². The van der Waals surface area contributed by atoms with Gasteiger partial charge in [0.05, 0.1) is 6.61 Å². The molecule has 2 heteroatoms. The van der Waals surface area contributed by atoms with Gasteiger partial charge in [-0.1, -0.05) is 38.0 Å². The van der Waals surface area contributed by atoms with Crippen molar-refractivity contribution in [3.8, 4) is 5.75 Å². The first-order valence-electron chi connectivity index (χ1n) is 7.66. The minimum atomic E-state index is 0.325. The van der Waals surface area contributed by atoms with Crippen LogP contribution in [0.4, 0.5) is 0 Å². The molecule has 1 aliphatic carbocycles. The maximum absolute atomic E-state index is 6.56. The van der Waals surface area contributed by atoms with Crippen LogP contribution in [0.2, 0.25) is 0 Å². The Bertz CT molecular complexity index is 437. The quantitative estimate of drug-likeness (QED) is 0.895. The highest BCUT2D eigenvalue weighted by Gasteiger charge is 2.36. The lowest BCUT2D eigenvalue weighted by atomic mass is 9.75. The Hall–Kier alpha value is -1.02. The van der Waals surface area contributed by atoms with Crippen molar-refractivity contribution in [1.29, 1.82) is 0 Å². The van der Waals surface area contributed by atoms with Crippen molar-refractivity contribution in [3.63, 3.8) is 0 Å². The number of para-hydroxylation sites is 1. The lowest BCUT2D eigenvalue weighted by Crippen LogP contribution is -2.39. The molecule has 1 aromatic rings. The van der Waals surface area contributed by atoms with Gasteiger partial charge in [-0.2, -0.15) is 0 Å². The molecule has 104 valence electrons. The maximum Gasteiger partial charge on any atom is 0.122 e. The van der Waals surface area contributed by atoms with Gasteiger partial charge < -0.3 is 10.5 Å². The second-order valence-electron chi connectivity index (χ2n) is 6.58. The summed E-state index contributed by atoms with van der Waals surface area (Å²) in [5.41, 5.74) is 8.30. The molecule has 0 bridgehead atoms. The Morgan fingerprint density at radius 1 is 1.32 bits per heavy atom. The molecule has 3 rings (SSSR count). The molecule has 2 N–H and O–H groups in total. The van der Waals surface area contributed by atoms with E-state index in [1.165, 1.54) is 31.2 Å². The Labute approximate surface area is 116 Å². The fraction of sp³-hybridized carbons (Fsp3) is 0.647. The van der Waals surface area contributed by atoms with E-state index in [4.69, 9.17) is 10.5 Å². The first-order chi connectivity index (χ1) is 9.19. The number of rotatable bonds is 3. The van der Waals surface area contributed by atoms with E-state index >= 15 is 0 Å². The fourth-order valence-electron chi connectivity index (χ4n) is 3.81. The molecular weight excluding hydrogens is 234 g/mol. The first kappa shape index (κ1) is 13.0. The average molecular weight is 259 g/mol. The molecule has 2 nitrogen and oxygen atoms in total. The van der Waals surface area contributed by atoms with Crippen LogP contribution in [-0.4, -0.2) is 12.6 Å². The van der Waals surface area contributed by atoms with Gasteiger partial charge in [0.2, 0.25) is 0 Å². The summed E-state index contributed by atoms with van der Waals surface area (Å²) < 4.78 is 5.75. The smallest absolute Gasteiger partial charge is 0.122 e. The third-order valence-electron chi connectivity index (χ3n) is 5.26. The van der Waals surface area contributed by atoms with Crippen molar-refractivity contribution >= 4 is 0 Å². The Kier molecular flexibility index (Phi) is 3.53. The number of nitrogens with two attached hydrogens (primary N) is 1. The van der Waals surface area contributed by atoms with Crippen molar-refractivity contribution in [2.24, 2.45) is 11.1 Å². The molecule has 0 saturated heterocycles. The summed E-state index contributed by atoms with van der Waals surface area (Å²) in [5.74, 6) is 1.65. The van der Waals surface area contributed by atoms with E-state index < -0.39 is 0 Å². The van der Waals surface area contributed by atoms with E-state index in [2.05, 4.69) is 31.2 Å². The summed E-state index contributed by atoms with van der Waals surface area (Å²) in [6, 6.07) is 8.79. The largest absolute Gasteiger partial charge is 0.493 e. The van der Waals surface area contributed by atoms with Crippen LogP contribution in [0.3, 0.4) is 0 Å². The topological polar surface area (TPSA) is 35.2 Å². The molecule has 2 atom stereocenters. The highest BCUT2D eigenvalue weighted by Crippen LogP contribution is 2.44. The molecule has 2 unspecified atom stereocenters. The number of hydrogen-bond donors (Lipinski definition) is 1. The van der Waals surface area contributed by atoms with Crippen molar-refractivity contribution in [2.75, 3.05) is 6.61 Å². The molecular formula is C17H25NO. The van der Waals surface area contributed by atoms with E-state index in [1.54, 1.807) is 0 Å². The predicted molar refractivity (Wildman–Crippen MR) is 78.5 cm³/mol. The molecule has 1 aromatic carbocycles. The number of ether oxygens (including phenoxy) is 1. The highest BCUT2D eigenvalue weighted by atomic mass is 16.5. The maximum atomic E-state index is 6.56. The summed E-state index contributed by atoms with van der Waals surface area (Å²) in [4.78, 5) is 0. The molecule has 1 saturated carbocycles. The van der Waals surface area contributed by atoms with Crippen LogP contribution < -0.4 is 10.5 Å². The van der Waals surface area contributed by atoms with Gasteiger partial charge in [0.15, 0.2) is 0 Å². The predicted octanol–water partition coefficient (Wildman–Crippen LogP) is 3.85. The van der Waals surface area contributed by atoms with Gasteiger partial charge in [-0.3, -0.25) is 0 Å². The van der Waals surface area contributed by atoms with Gasteiger partial charge in [0.25, 0.3) is 0 Å². The zero-order chi connectivity index (χ0) is 13.3. The van der Waals surface area contributed by atoms with Crippen molar-refractivity contribution in [3.05, 3.63) is 29.8 Å². The van der Waals surface area contributed by atoms with E-state index in [-0.39, 0.29) is 0 Å². The highest BCUT2D eigenvalue weighted by molar-refractivity contribution is 5.37. The molecule has 0 radical (unpaired) electrons. The van der Waals surface area contributed by atoms with E-state index in [0.717, 1.165) is 25.2 Å². The van der Waals surface area contributed by atoms with Gasteiger partial charge in [-0.05, 0) is 48.6 Å². The first-order valence-corrected chi connectivity index (χ1v) is 7.66. The summed E-state index contributed by atoms with van der Waals surface area (Å²) in [7, 11) is 0. The second kappa shape index (κ2) is 5.16. The molecule has 0 amide bonds. The zero-order valence-electron chi connectivity index (χ0n) is 11.9. The molecule has 19 heavy (non-hydrogen) atoms. The molecule has 1 aliphatic heterocycles. The third kappa shape index (κ3) is 2.51. The zero-order valence-corrected chi connectivity index (χ0v) is 11.9. The minimum absolute atomic E-state index is 0.325. The summed E-state index contributed by atoms with van der Waals surface area (Å²) in [6.07, 6.45) is 7.54. The Balaban J connectivity index is 1.74. The molecule has 0 aromatic heterocycles. The SMILES string of the molecule is CC1(C(N)CC2CCOc3ccccc32)CCCC1. The van der Waals surface area contributed by atoms with Crippen LogP contribution in [0.25, 0.3) is 0 Å². The van der Waals surface area contributed by atoms with E-state index in [0.29, 0.717) is 17.4 Å². The van der Waals surface area contributed by atoms with E-state index in [9.17, 15) is 0 Å². The standard InChI is InChI=1S/C17H25NO/c1-17(9-4-5-10-17)16(18)12-13-8-11-19-15-7-3-2-6-14(13)15/h2-3,6-7,13,16H,4-5,8-12,18H2,1H3. The normalized spacial score (nSPS) is 26.5. The van der Waals surface area contributed by atoms with Crippen LogP contribution in [0.1, 0.15) is 56.9 Å². The Morgan fingerprint density at radius 3 is 2.84 bits per heavy atom. The van der Waals surface area contributed by atoms with Crippen molar-refractivity contribution in [2.45, 2.75) is 57.4 Å². The number of fused-ring (bicyclic) bond motifs is 1. The van der Waals surface area contributed by atoms with E-state index in [1.807, 2.05) is 0 Å². The van der Waals surface area contributed by atoms with Crippen LogP contribution in [0.15, 0.2) is 24.3 Å². The van der Waals surface area contributed by atoms with Crippen LogP contribution in [-0.2, 0) is 0 Å². The number of hydrogen-bond acceptors (Lipinski definition) is 2. The summed E-state index contributed by atoms with van der Waals surface area (Å²) >= 11 is 0. The minimum Gasteiger partial charge on any atom is -0.493 e. The van der Waals surface area contributed by atoms with Gasteiger partial charge in [0, 0.05) is 6.04 Å². The Morgan fingerprint density at radius 2 is 2.05 bits per heavy atom. The lowest BCUT2D eigenvalue weighted by molar-refractivity contribution is 0.211. The van der Waals surface area contributed by atoms with Crippen LogP contribution in [0, 0.1) is 5.41 Å². The average Bonchev–Trinajstić information content (AvgIpc) is 2.87. The van der Waals surface area contributed by atoms with Crippen LogP contribution in [0.5, 0.6) is 5.75 Å². The van der Waals surface area contributed by atoms with Crippen molar-refractivity contribution < 1.29 is 4.74 Å². The molecule has 2 aliphatic rings. The lowest BCUT2D eigenvalue weighted by Gasteiger charge is -2.35. The fourth-order valence-corrected chi connectivity index (χ4v) is 3.81. The van der Waals surface area contributed by atoms with Crippen LogP contribution >= 0.6 is 0 Å². The second-order valence-corrected chi connectivity index (χ2v) is 6.58. The third-order valence-corrected chi connectivity index (χ3v) is 5.26. The van der Waals surface area contributed by atoms with Crippen molar-refractivity contribution in [1.82, 2.24) is 0 Å². The van der Waals surface area contributed by atoms with Gasteiger partial charge in [-0.15, -0.1) is 0 Å². The molecule has 1 heterocycles. The number of benzene rings is 1. The molecule has 1 fully saturated rings. The van der Waals surface area contributed by atoms with Gasteiger partial charge in [0.1, 0.15) is 5.75 Å².